The number of benzene rings is 1. The number of nitrogens with zero attached hydrogens (tertiary/aromatic N) is 4. The van der Waals surface area contributed by atoms with Gasteiger partial charge in [-0.1, -0.05) is 12.1 Å². The lowest BCUT2D eigenvalue weighted by Gasteiger charge is -2.33. The van der Waals surface area contributed by atoms with Gasteiger partial charge < -0.3 is 13.9 Å². The van der Waals surface area contributed by atoms with Crippen LogP contribution in [0.4, 0.5) is 4.39 Å². The molecule has 7 heteroatoms. The molecule has 0 saturated carbocycles. The topological polar surface area (TPSA) is 64.2 Å². The molecular formula is C19H19FN4O2. The van der Waals surface area contributed by atoms with Crippen LogP contribution >= 0.6 is 0 Å². The van der Waals surface area contributed by atoms with E-state index in [4.69, 9.17) is 4.42 Å². The van der Waals surface area contributed by atoms with Crippen molar-refractivity contribution >= 4 is 5.91 Å². The molecule has 1 aromatic carbocycles. The molecule has 0 spiro atoms. The van der Waals surface area contributed by atoms with Crippen molar-refractivity contribution in [1.82, 2.24) is 19.7 Å². The van der Waals surface area contributed by atoms with E-state index in [1.807, 2.05) is 19.3 Å². The fourth-order valence-corrected chi connectivity index (χ4v) is 3.37. The minimum absolute atomic E-state index is 0.0622. The van der Waals surface area contributed by atoms with Gasteiger partial charge in [-0.3, -0.25) is 4.79 Å². The largest absolute Gasteiger partial charge is 0.418 e. The maximum absolute atomic E-state index is 14.0. The summed E-state index contributed by atoms with van der Waals surface area (Å²) in [5.74, 6) is 0.0105. The molecule has 0 bridgehead atoms. The van der Waals surface area contributed by atoms with Crippen LogP contribution in [-0.2, 0) is 7.05 Å². The Kier molecular flexibility index (Phi) is 4.28. The van der Waals surface area contributed by atoms with Crippen molar-refractivity contribution in [3.63, 3.8) is 0 Å². The third-order valence-corrected chi connectivity index (χ3v) is 4.76. The zero-order chi connectivity index (χ0) is 18.1. The summed E-state index contributed by atoms with van der Waals surface area (Å²) in [5, 5.41) is 8.11. The quantitative estimate of drug-likeness (QED) is 0.721. The molecule has 0 N–H and O–H groups in total. The number of likely N-dealkylation sites (tertiary alicyclic amines) is 1. The van der Waals surface area contributed by atoms with Crippen LogP contribution in [0.3, 0.4) is 0 Å². The van der Waals surface area contributed by atoms with Gasteiger partial charge in [0.15, 0.2) is 0 Å². The minimum Gasteiger partial charge on any atom is -0.418 e. The third kappa shape index (κ3) is 2.89. The summed E-state index contributed by atoms with van der Waals surface area (Å²) in [6.45, 7) is 0.631. The number of hydrogen-bond donors (Lipinski definition) is 0. The van der Waals surface area contributed by atoms with Gasteiger partial charge in [0.2, 0.25) is 5.89 Å². The Labute approximate surface area is 150 Å². The third-order valence-electron chi connectivity index (χ3n) is 4.76. The fourth-order valence-electron chi connectivity index (χ4n) is 3.37. The van der Waals surface area contributed by atoms with E-state index >= 15 is 0 Å². The van der Waals surface area contributed by atoms with Gasteiger partial charge in [0.25, 0.3) is 11.8 Å². The molecule has 1 aliphatic heterocycles. The minimum atomic E-state index is -0.414. The van der Waals surface area contributed by atoms with Crippen LogP contribution in [0.1, 0.15) is 41.7 Å². The normalized spacial score (nSPS) is 17.5. The van der Waals surface area contributed by atoms with Crippen molar-refractivity contribution in [2.75, 3.05) is 6.54 Å². The molecule has 1 amide bonds. The van der Waals surface area contributed by atoms with Crippen molar-refractivity contribution in [1.29, 1.82) is 0 Å². The lowest BCUT2D eigenvalue weighted by molar-refractivity contribution is 0.0562. The average Bonchev–Trinajstić information content (AvgIpc) is 3.31. The van der Waals surface area contributed by atoms with Crippen molar-refractivity contribution in [3.8, 4) is 11.5 Å². The van der Waals surface area contributed by atoms with E-state index in [1.165, 1.54) is 6.07 Å². The lowest BCUT2D eigenvalue weighted by atomic mass is 10.0. The van der Waals surface area contributed by atoms with Crippen molar-refractivity contribution in [2.24, 2.45) is 7.05 Å². The number of carbonyl (C=O) groups is 1. The molecule has 2 aromatic heterocycles. The molecule has 3 aromatic rings. The van der Waals surface area contributed by atoms with Gasteiger partial charge in [-0.2, -0.15) is 0 Å². The summed E-state index contributed by atoms with van der Waals surface area (Å²) in [4.78, 5) is 14.7. The highest BCUT2D eigenvalue weighted by atomic mass is 19.1. The number of amides is 1. The van der Waals surface area contributed by atoms with Crippen LogP contribution in [0, 0.1) is 5.82 Å². The fraction of sp³-hybridized carbons (Fsp3) is 0.316. The number of rotatable bonds is 3. The zero-order valence-corrected chi connectivity index (χ0v) is 14.4. The molecule has 1 saturated heterocycles. The molecule has 26 heavy (non-hydrogen) atoms. The number of carbonyl (C=O) groups excluding carboxylic acids is 1. The Morgan fingerprint density at radius 3 is 2.81 bits per heavy atom. The number of aryl methyl sites for hydroxylation is 1. The first-order valence-electron chi connectivity index (χ1n) is 8.66. The molecular weight excluding hydrogens is 335 g/mol. The van der Waals surface area contributed by atoms with Crippen LogP contribution in [0.15, 0.2) is 47.0 Å². The van der Waals surface area contributed by atoms with Crippen LogP contribution in [0.5, 0.6) is 0 Å². The monoisotopic (exact) mass is 354 g/mol. The second kappa shape index (κ2) is 6.74. The van der Waals surface area contributed by atoms with E-state index in [0.717, 1.165) is 19.3 Å². The molecule has 0 aliphatic carbocycles. The summed E-state index contributed by atoms with van der Waals surface area (Å²) in [5.41, 5.74) is 0.883. The molecule has 0 radical (unpaired) electrons. The zero-order valence-electron chi connectivity index (χ0n) is 14.4. The molecule has 6 nitrogen and oxygen atoms in total. The number of aromatic nitrogens is 3. The SMILES string of the molecule is Cn1cccc1C(=O)N1CCCC[C@H]1c1nnc(-c2ccccc2F)o1. The van der Waals surface area contributed by atoms with E-state index in [0.29, 0.717) is 18.1 Å². The van der Waals surface area contributed by atoms with E-state index < -0.39 is 5.82 Å². The van der Waals surface area contributed by atoms with Gasteiger partial charge in [0, 0.05) is 19.8 Å². The van der Waals surface area contributed by atoms with Crippen LogP contribution in [-0.4, -0.2) is 32.1 Å². The molecule has 1 aliphatic rings. The summed E-state index contributed by atoms with van der Waals surface area (Å²) in [7, 11) is 1.84. The molecule has 134 valence electrons. The van der Waals surface area contributed by atoms with Crippen LogP contribution in [0.25, 0.3) is 11.5 Å². The van der Waals surface area contributed by atoms with E-state index in [-0.39, 0.29) is 23.4 Å². The lowest BCUT2D eigenvalue weighted by Crippen LogP contribution is -2.39. The van der Waals surface area contributed by atoms with Gasteiger partial charge in [-0.25, -0.2) is 4.39 Å². The Morgan fingerprint density at radius 1 is 1.19 bits per heavy atom. The predicted octanol–water partition coefficient (Wildman–Crippen LogP) is 3.58. The summed E-state index contributed by atoms with van der Waals surface area (Å²) < 4.78 is 21.5. The van der Waals surface area contributed by atoms with Crippen molar-refractivity contribution < 1.29 is 13.6 Å². The Morgan fingerprint density at radius 2 is 2.04 bits per heavy atom. The maximum Gasteiger partial charge on any atom is 0.271 e. The molecule has 4 rings (SSSR count). The first-order valence-corrected chi connectivity index (χ1v) is 8.66. The smallest absolute Gasteiger partial charge is 0.271 e. The van der Waals surface area contributed by atoms with Gasteiger partial charge in [0.1, 0.15) is 17.6 Å². The van der Waals surface area contributed by atoms with Crippen LogP contribution < -0.4 is 0 Å². The van der Waals surface area contributed by atoms with E-state index in [2.05, 4.69) is 10.2 Å². The summed E-state index contributed by atoms with van der Waals surface area (Å²) >= 11 is 0. The summed E-state index contributed by atoms with van der Waals surface area (Å²) in [6, 6.07) is 9.62. The van der Waals surface area contributed by atoms with E-state index in [1.54, 1.807) is 33.7 Å². The highest BCUT2D eigenvalue weighted by molar-refractivity contribution is 5.93. The number of hydrogen-bond acceptors (Lipinski definition) is 4. The van der Waals surface area contributed by atoms with Crippen molar-refractivity contribution in [2.45, 2.75) is 25.3 Å². The van der Waals surface area contributed by atoms with Gasteiger partial charge in [-0.15, -0.1) is 10.2 Å². The maximum atomic E-state index is 14.0. The first kappa shape index (κ1) is 16.5. The Hall–Kier alpha value is -2.96. The van der Waals surface area contributed by atoms with Crippen molar-refractivity contribution in [3.05, 3.63) is 60.0 Å². The highest BCUT2D eigenvalue weighted by Crippen LogP contribution is 2.33. The van der Waals surface area contributed by atoms with E-state index in [9.17, 15) is 9.18 Å². The average molecular weight is 354 g/mol. The predicted molar refractivity (Wildman–Crippen MR) is 92.7 cm³/mol. The second-order valence-corrected chi connectivity index (χ2v) is 6.44. The van der Waals surface area contributed by atoms with Gasteiger partial charge in [0.05, 0.1) is 5.56 Å². The Bertz CT molecular complexity index is 933. The standard InChI is InChI=1S/C19H19FN4O2/c1-23-11-6-10-16(23)19(25)24-12-5-4-9-15(24)18-22-21-17(26-18)13-7-2-3-8-14(13)20/h2-3,6-8,10-11,15H,4-5,9,12H2,1H3/t15-/m0/s1. The number of piperidine rings is 1. The first-order chi connectivity index (χ1) is 12.6. The van der Waals surface area contributed by atoms with Crippen LogP contribution in [0.2, 0.25) is 0 Å². The van der Waals surface area contributed by atoms with Gasteiger partial charge >= 0.3 is 0 Å². The molecule has 0 unspecified atom stereocenters. The number of halogens is 1. The second-order valence-electron chi connectivity index (χ2n) is 6.44. The summed E-state index contributed by atoms with van der Waals surface area (Å²) in [6.07, 6.45) is 4.49. The van der Waals surface area contributed by atoms with Gasteiger partial charge in [-0.05, 0) is 43.5 Å². The molecule has 1 fully saturated rings. The Balaban J connectivity index is 1.64. The molecule has 3 heterocycles. The highest BCUT2D eigenvalue weighted by Gasteiger charge is 2.33. The molecule has 1 atom stereocenters.